The molecule has 0 N–H and O–H groups in total. The van der Waals surface area contributed by atoms with Gasteiger partial charge in [0, 0.05) is 23.2 Å². The van der Waals surface area contributed by atoms with Crippen LogP contribution >= 0.6 is 0 Å². The predicted molar refractivity (Wildman–Crippen MR) is 122 cm³/mol. The van der Waals surface area contributed by atoms with Crippen LogP contribution in [0.25, 0.3) is 16.2 Å². The summed E-state index contributed by atoms with van der Waals surface area (Å²) >= 11 is 0. The van der Waals surface area contributed by atoms with Crippen LogP contribution in [-0.4, -0.2) is 19.6 Å². The smallest absolute Gasteiger partial charge is 0.267 e. The maximum atomic E-state index is 9.17. The van der Waals surface area contributed by atoms with Crippen LogP contribution in [0.3, 0.4) is 0 Å². The molecule has 166 valence electrons. The van der Waals surface area contributed by atoms with Crippen LogP contribution in [0.1, 0.15) is 44.6 Å². The molecule has 6 nitrogen and oxygen atoms in total. The van der Waals surface area contributed by atoms with Crippen molar-refractivity contribution in [3.05, 3.63) is 101 Å². The van der Waals surface area contributed by atoms with Crippen molar-refractivity contribution in [1.29, 1.82) is 5.26 Å². The monoisotopic (exact) mass is 613 g/mol. The Hall–Kier alpha value is -3.47. The minimum Gasteiger partial charge on any atom is -0.267 e. The summed E-state index contributed by atoms with van der Waals surface area (Å²) in [5.41, 5.74) is 3.70. The fourth-order valence-corrected chi connectivity index (χ4v) is 3.52. The third-order valence-corrected chi connectivity index (χ3v) is 6.33. The number of aromatic nitrogens is 4. The quantitative estimate of drug-likeness (QED) is 0.286. The third kappa shape index (κ3) is 4.40. The van der Waals surface area contributed by atoms with Gasteiger partial charge < -0.3 is 0 Å². The molecule has 33 heavy (non-hydrogen) atoms. The van der Waals surface area contributed by atoms with Gasteiger partial charge in [0.2, 0.25) is 0 Å². The van der Waals surface area contributed by atoms with Gasteiger partial charge in [-0.25, -0.2) is 0 Å². The van der Waals surface area contributed by atoms with Crippen molar-refractivity contribution >= 4 is 5.69 Å². The van der Waals surface area contributed by atoms with E-state index >= 15 is 0 Å². The Morgan fingerprint density at radius 3 is 1.91 bits per heavy atom. The van der Waals surface area contributed by atoms with Crippen LogP contribution in [0.4, 0.5) is 5.69 Å². The molecule has 0 radical (unpaired) electrons. The van der Waals surface area contributed by atoms with E-state index in [-0.39, 0.29) is 31.9 Å². The van der Waals surface area contributed by atoms with Gasteiger partial charge in [-0.1, -0.05) is 38.9 Å². The molecular weight excluding hydrogens is 591 g/mol. The minimum atomic E-state index is -0.355. The van der Waals surface area contributed by atoms with E-state index in [0.717, 1.165) is 22.8 Å². The van der Waals surface area contributed by atoms with E-state index in [0.29, 0.717) is 11.3 Å². The van der Waals surface area contributed by atoms with Crippen LogP contribution in [0, 0.1) is 30.0 Å². The minimum absolute atomic E-state index is 0. The zero-order chi connectivity index (χ0) is 22.9. The SMILES string of the molecule is [C-]#[N+]c1cc[c-]c(-n2ccc(C(C)(C)C(C)(C)c3ccn(-c4[c-]ccc(C#N)c4)n3)n2)c1.[Pt+2]. The first kappa shape index (κ1) is 24.2. The predicted octanol–water partition coefficient (Wildman–Crippen LogP) is 5.33. The topological polar surface area (TPSA) is 63.8 Å². The Morgan fingerprint density at radius 2 is 1.39 bits per heavy atom. The average molecular weight is 614 g/mol. The van der Waals surface area contributed by atoms with Crippen molar-refractivity contribution in [2.24, 2.45) is 0 Å². The first-order valence-corrected chi connectivity index (χ1v) is 10.2. The third-order valence-electron chi connectivity index (χ3n) is 6.33. The van der Waals surface area contributed by atoms with Gasteiger partial charge in [-0.3, -0.25) is 14.2 Å². The van der Waals surface area contributed by atoms with E-state index in [1.165, 1.54) is 0 Å². The Bertz CT molecular complexity index is 1260. The summed E-state index contributed by atoms with van der Waals surface area (Å²) in [6, 6.07) is 22.9. The van der Waals surface area contributed by atoms with E-state index in [1.807, 2.05) is 24.5 Å². The van der Waals surface area contributed by atoms with Gasteiger partial charge in [0.1, 0.15) is 0 Å². The van der Waals surface area contributed by atoms with E-state index in [1.54, 1.807) is 45.8 Å². The summed E-state index contributed by atoms with van der Waals surface area (Å²) in [6.07, 6.45) is 3.79. The van der Waals surface area contributed by atoms with Gasteiger partial charge in [-0.05, 0) is 17.8 Å². The van der Waals surface area contributed by atoms with Gasteiger partial charge in [-0.15, -0.1) is 12.1 Å². The van der Waals surface area contributed by atoms with Crippen molar-refractivity contribution in [2.75, 3.05) is 0 Å². The molecule has 0 atom stereocenters. The van der Waals surface area contributed by atoms with Crippen LogP contribution in [0.15, 0.2) is 60.9 Å². The van der Waals surface area contributed by atoms with Crippen molar-refractivity contribution in [3.8, 4) is 17.4 Å². The molecule has 2 aromatic heterocycles. The maximum Gasteiger partial charge on any atom is 2.00 e. The maximum absolute atomic E-state index is 9.17. The summed E-state index contributed by atoms with van der Waals surface area (Å²) in [6.45, 7) is 15.8. The molecule has 2 heterocycles. The van der Waals surface area contributed by atoms with E-state index in [9.17, 15) is 5.26 Å². The largest absolute Gasteiger partial charge is 2.00 e. The fraction of sp³-hybridized carbons (Fsp3) is 0.231. The van der Waals surface area contributed by atoms with E-state index in [2.05, 4.69) is 50.7 Å². The molecule has 0 fully saturated rings. The molecular formula is C26H22N6Pt. The number of benzene rings is 2. The van der Waals surface area contributed by atoms with E-state index < -0.39 is 0 Å². The summed E-state index contributed by atoms with van der Waals surface area (Å²) in [7, 11) is 0. The molecule has 0 saturated carbocycles. The number of rotatable bonds is 5. The average Bonchev–Trinajstić information content (AvgIpc) is 3.50. The standard InChI is InChI=1S/C26H22N6.Pt/c1-25(2,23-12-14-31(29-23)21-10-6-8-19(16-21)18-27)26(3,4)24-13-15-32(30-24)22-11-7-9-20(17-22)28-5;/h6-9,12-17H,1-4H3;/q-2;+2. The number of hydrogen-bond acceptors (Lipinski definition) is 3. The summed E-state index contributed by atoms with van der Waals surface area (Å²) in [5, 5.41) is 18.8. The molecule has 7 heteroatoms. The zero-order valence-electron chi connectivity index (χ0n) is 18.8. The molecule has 0 saturated heterocycles. The summed E-state index contributed by atoms with van der Waals surface area (Å²) in [5.74, 6) is 0. The Morgan fingerprint density at radius 1 is 0.879 bits per heavy atom. The first-order valence-electron chi connectivity index (χ1n) is 10.2. The van der Waals surface area contributed by atoms with Crippen molar-refractivity contribution in [3.63, 3.8) is 0 Å². The van der Waals surface area contributed by atoms with Crippen LogP contribution < -0.4 is 0 Å². The second-order valence-electron chi connectivity index (χ2n) is 8.66. The number of nitriles is 1. The van der Waals surface area contributed by atoms with Crippen molar-refractivity contribution < 1.29 is 21.1 Å². The van der Waals surface area contributed by atoms with Crippen LogP contribution in [0.2, 0.25) is 0 Å². The second kappa shape index (κ2) is 9.18. The van der Waals surface area contributed by atoms with Crippen molar-refractivity contribution in [2.45, 2.75) is 38.5 Å². The Kier molecular flexibility index (Phi) is 6.73. The fourth-order valence-electron chi connectivity index (χ4n) is 3.52. The van der Waals surface area contributed by atoms with Crippen LogP contribution in [0.5, 0.6) is 0 Å². The van der Waals surface area contributed by atoms with Gasteiger partial charge in [-0.2, -0.15) is 51.9 Å². The summed E-state index contributed by atoms with van der Waals surface area (Å²) < 4.78 is 3.50. The molecule has 0 spiro atoms. The second-order valence-corrected chi connectivity index (χ2v) is 8.66. The van der Waals surface area contributed by atoms with Gasteiger partial charge in [0.25, 0.3) is 0 Å². The summed E-state index contributed by atoms with van der Waals surface area (Å²) in [4.78, 5) is 3.49. The number of hydrogen-bond donors (Lipinski definition) is 0. The molecule has 4 rings (SSSR count). The molecule has 0 aliphatic carbocycles. The molecule has 2 aromatic carbocycles. The van der Waals surface area contributed by atoms with E-state index in [4.69, 9.17) is 16.8 Å². The van der Waals surface area contributed by atoms with Crippen LogP contribution in [-0.2, 0) is 31.9 Å². The Labute approximate surface area is 208 Å². The Balaban J connectivity index is 0.00000306. The van der Waals surface area contributed by atoms with Gasteiger partial charge in [0.05, 0.1) is 29.7 Å². The zero-order valence-corrected chi connectivity index (χ0v) is 21.0. The molecule has 4 aromatic rings. The normalized spacial score (nSPS) is 11.3. The molecule has 0 aliphatic heterocycles. The molecule has 0 bridgehead atoms. The molecule has 0 aliphatic rings. The molecule has 0 unspecified atom stereocenters. The van der Waals surface area contributed by atoms with Gasteiger partial charge >= 0.3 is 21.1 Å². The van der Waals surface area contributed by atoms with Gasteiger partial charge in [0.15, 0.2) is 0 Å². The molecule has 0 amide bonds. The van der Waals surface area contributed by atoms with Crippen molar-refractivity contribution in [1.82, 2.24) is 19.6 Å². The number of nitrogens with zero attached hydrogens (tertiary/aromatic N) is 6. The first-order chi connectivity index (χ1) is 15.3.